The third-order valence-electron chi connectivity index (χ3n) is 6.45. The molecule has 2 aromatic rings. The van der Waals surface area contributed by atoms with Gasteiger partial charge in [-0.3, -0.25) is 9.69 Å². The summed E-state index contributed by atoms with van der Waals surface area (Å²) < 4.78 is 10.8. The molecule has 2 aliphatic rings. The van der Waals surface area contributed by atoms with Crippen molar-refractivity contribution < 1.29 is 14.3 Å². The molecule has 2 aliphatic heterocycles. The monoisotopic (exact) mass is 495 g/mol. The van der Waals surface area contributed by atoms with Crippen LogP contribution < -0.4 is 9.47 Å². The van der Waals surface area contributed by atoms with E-state index in [-0.39, 0.29) is 30.7 Å². The highest BCUT2D eigenvalue weighted by atomic mass is 35.5. The lowest BCUT2D eigenvalue weighted by molar-refractivity contribution is -0.133. The van der Waals surface area contributed by atoms with Crippen LogP contribution in [-0.4, -0.2) is 80.6 Å². The van der Waals surface area contributed by atoms with E-state index in [4.69, 9.17) is 9.47 Å². The average Bonchev–Trinajstić information content (AvgIpc) is 2.83. The summed E-state index contributed by atoms with van der Waals surface area (Å²) in [6.45, 7) is 6.96. The predicted molar refractivity (Wildman–Crippen MR) is 136 cm³/mol. The van der Waals surface area contributed by atoms with Crippen LogP contribution in [0, 0.1) is 0 Å². The number of carbonyl (C=O) groups excluding carboxylic acids is 1. The third-order valence-corrected chi connectivity index (χ3v) is 6.45. The molecule has 1 fully saturated rings. The molecule has 0 N–H and O–H groups in total. The molecular weight excluding hydrogens is 461 g/mol. The van der Waals surface area contributed by atoms with E-state index < -0.39 is 0 Å². The lowest BCUT2D eigenvalue weighted by Crippen LogP contribution is -2.50. The van der Waals surface area contributed by atoms with Crippen molar-refractivity contribution in [3.05, 3.63) is 59.2 Å². The van der Waals surface area contributed by atoms with Crippen molar-refractivity contribution >= 4 is 30.7 Å². The molecule has 4 rings (SSSR count). The summed E-state index contributed by atoms with van der Waals surface area (Å²) in [7, 11) is 3.31. The Hall–Kier alpha value is -1.99. The maximum atomic E-state index is 13.0. The van der Waals surface area contributed by atoms with E-state index in [1.807, 2.05) is 17.0 Å². The molecule has 2 aromatic carbocycles. The second-order valence-electron chi connectivity index (χ2n) is 8.39. The number of ether oxygens (including phenoxy) is 2. The number of methoxy groups -OCH3 is 2. The Balaban J connectivity index is 0.00000193. The van der Waals surface area contributed by atoms with Crippen LogP contribution in [0.15, 0.2) is 42.5 Å². The van der Waals surface area contributed by atoms with Crippen LogP contribution in [-0.2, 0) is 24.2 Å². The number of halogens is 2. The van der Waals surface area contributed by atoms with Crippen LogP contribution in [0.4, 0.5) is 0 Å². The smallest absolute Gasteiger partial charge is 0.237 e. The Labute approximate surface area is 209 Å². The van der Waals surface area contributed by atoms with Gasteiger partial charge in [-0.25, -0.2) is 0 Å². The van der Waals surface area contributed by atoms with Crippen LogP contribution in [0.1, 0.15) is 16.7 Å². The van der Waals surface area contributed by atoms with Crippen LogP contribution in [0.3, 0.4) is 0 Å². The molecule has 0 spiro atoms. The lowest BCUT2D eigenvalue weighted by Gasteiger charge is -2.36. The van der Waals surface area contributed by atoms with Gasteiger partial charge in [0.05, 0.1) is 20.8 Å². The zero-order chi connectivity index (χ0) is 21.6. The molecule has 2 heterocycles. The summed E-state index contributed by atoms with van der Waals surface area (Å²) in [5.74, 6) is 1.70. The Bertz CT molecular complexity index is 890. The minimum atomic E-state index is 0. The summed E-state index contributed by atoms with van der Waals surface area (Å²) >= 11 is 0. The SMILES string of the molecule is COc1cc2c(cc1OC)CN(C(=O)CN1CCN(CCc3ccccc3)CC1)CC2.Cl.Cl. The number of hydrogen-bond donors (Lipinski definition) is 0. The average molecular weight is 496 g/mol. The maximum absolute atomic E-state index is 13.0. The van der Waals surface area contributed by atoms with Crippen molar-refractivity contribution in [1.29, 1.82) is 0 Å². The zero-order valence-electron chi connectivity index (χ0n) is 19.5. The van der Waals surface area contributed by atoms with E-state index in [1.54, 1.807) is 14.2 Å². The van der Waals surface area contributed by atoms with Gasteiger partial charge in [-0.2, -0.15) is 0 Å². The second-order valence-corrected chi connectivity index (χ2v) is 8.39. The highest BCUT2D eigenvalue weighted by Crippen LogP contribution is 2.33. The molecular formula is C25H35Cl2N3O3. The van der Waals surface area contributed by atoms with Gasteiger partial charge in [0.1, 0.15) is 0 Å². The number of nitrogens with zero attached hydrogens (tertiary/aromatic N) is 3. The molecule has 6 nitrogen and oxygen atoms in total. The van der Waals surface area contributed by atoms with Gasteiger partial charge in [0, 0.05) is 45.8 Å². The molecule has 0 aliphatic carbocycles. The molecule has 1 saturated heterocycles. The largest absolute Gasteiger partial charge is 0.493 e. The maximum Gasteiger partial charge on any atom is 0.237 e. The van der Waals surface area contributed by atoms with E-state index in [9.17, 15) is 4.79 Å². The standard InChI is InChI=1S/C25H33N3O3.2ClH/c1-30-23-16-21-9-11-28(18-22(21)17-24(23)31-2)25(29)19-27-14-12-26(13-15-27)10-8-20-6-4-3-5-7-20;;/h3-7,16-17H,8-15,18-19H2,1-2H3;2*1H. The molecule has 0 unspecified atom stereocenters. The third kappa shape index (κ3) is 7.00. The first kappa shape index (κ1) is 27.3. The predicted octanol–water partition coefficient (Wildman–Crippen LogP) is 3.29. The van der Waals surface area contributed by atoms with Crippen molar-refractivity contribution in [2.45, 2.75) is 19.4 Å². The molecule has 0 atom stereocenters. The van der Waals surface area contributed by atoms with Gasteiger partial charge in [0.25, 0.3) is 0 Å². The Morgan fingerprint density at radius 1 is 0.848 bits per heavy atom. The fourth-order valence-corrected chi connectivity index (χ4v) is 4.49. The van der Waals surface area contributed by atoms with E-state index in [0.717, 1.165) is 69.2 Å². The molecule has 0 radical (unpaired) electrons. The minimum absolute atomic E-state index is 0. The van der Waals surface area contributed by atoms with Crippen molar-refractivity contribution in [1.82, 2.24) is 14.7 Å². The second kappa shape index (κ2) is 13.0. The van der Waals surface area contributed by atoms with Crippen molar-refractivity contribution in [2.75, 3.05) is 60.0 Å². The Morgan fingerprint density at radius 3 is 2.09 bits per heavy atom. The normalized spacial score (nSPS) is 16.2. The zero-order valence-corrected chi connectivity index (χ0v) is 21.1. The van der Waals surface area contributed by atoms with Gasteiger partial charge >= 0.3 is 0 Å². The highest BCUT2D eigenvalue weighted by Gasteiger charge is 2.25. The molecule has 0 aromatic heterocycles. The fourth-order valence-electron chi connectivity index (χ4n) is 4.49. The molecule has 0 saturated carbocycles. The number of hydrogen-bond acceptors (Lipinski definition) is 5. The minimum Gasteiger partial charge on any atom is -0.493 e. The molecule has 1 amide bonds. The summed E-state index contributed by atoms with van der Waals surface area (Å²) in [4.78, 5) is 19.7. The van der Waals surface area contributed by atoms with Crippen LogP contribution in [0.25, 0.3) is 0 Å². The molecule has 0 bridgehead atoms. The highest BCUT2D eigenvalue weighted by molar-refractivity contribution is 5.85. The van der Waals surface area contributed by atoms with E-state index in [0.29, 0.717) is 13.1 Å². The summed E-state index contributed by atoms with van der Waals surface area (Å²) in [6.07, 6.45) is 1.94. The van der Waals surface area contributed by atoms with Crippen molar-refractivity contribution in [3.8, 4) is 11.5 Å². The number of fused-ring (bicyclic) bond motifs is 1. The Morgan fingerprint density at radius 2 is 1.45 bits per heavy atom. The fraction of sp³-hybridized carbons (Fsp3) is 0.480. The number of carbonyl (C=O) groups is 1. The topological polar surface area (TPSA) is 45.3 Å². The van der Waals surface area contributed by atoms with E-state index in [1.165, 1.54) is 11.1 Å². The van der Waals surface area contributed by atoms with Crippen molar-refractivity contribution in [2.24, 2.45) is 0 Å². The van der Waals surface area contributed by atoms with Gasteiger partial charge in [0.2, 0.25) is 5.91 Å². The van der Waals surface area contributed by atoms with Crippen LogP contribution in [0.5, 0.6) is 11.5 Å². The number of amides is 1. The van der Waals surface area contributed by atoms with Gasteiger partial charge in [-0.05, 0) is 41.7 Å². The first-order valence-electron chi connectivity index (χ1n) is 11.2. The summed E-state index contributed by atoms with van der Waals surface area (Å²) in [6, 6.07) is 14.7. The first-order valence-corrected chi connectivity index (χ1v) is 11.2. The van der Waals surface area contributed by atoms with Crippen molar-refractivity contribution in [3.63, 3.8) is 0 Å². The molecule has 33 heavy (non-hydrogen) atoms. The van der Waals surface area contributed by atoms with Crippen LogP contribution in [0.2, 0.25) is 0 Å². The number of rotatable bonds is 7. The quantitative estimate of drug-likeness (QED) is 0.589. The molecule has 8 heteroatoms. The van der Waals surface area contributed by atoms with Gasteiger partial charge in [0.15, 0.2) is 11.5 Å². The molecule has 182 valence electrons. The summed E-state index contributed by atoms with van der Waals surface area (Å²) in [5, 5.41) is 0. The number of benzene rings is 2. The van der Waals surface area contributed by atoms with E-state index in [2.05, 4.69) is 40.1 Å². The van der Waals surface area contributed by atoms with Gasteiger partial charge < -0.3 is 19.3 Å². The van der Waals surface area contributed by atoms with Gasteiger partial charge in [-0.1, -0.05) is 30.3 Å². The number of piperazine rings is 1. The first-order chi connectivity index (χ1) is 15.2. The Kier molecular flexibility index (Phi) is 10.8. The van der Waals surface area contributed by atoms with Gasteiger partial charge in [-0.15, -0.1) is 24.8 Å². The lowest BCUT2D eigenvalue weighted by atomic mass is 9.98. The summed E-state index contributed by atoms with van der Waals surface area (Å²) in [5.41, 5.74) is 3.79. The van der Waals surface area contributed by atoms with Crippen LogP contribution >= 0.6 is 24.8 Å². The van der Waals surface area contributed by atoms with E-state index >= 15 is 0 Å².